The number of benzene rings is 1. The van der Waals surface area contributed by atoms with Gasteiger partial charge in [0.05, 0.1) is 7.11 Å². The zero-order chi connectivity index (χ0) is 22.6. The molecule has 1 aromatic heterocycles. The Bertz CT molecular complexity index is 950. The normalized spacial score (nSPS) is 20.1. The monoisotopic (exact) mass is 473 g/mol. The second-order valence-corrected chi connectivity index (χ2v) is 9.78. The highest BCUT2D eigenvalue weighted by molar-refractivity contribution is 7.80. The van der Waals surface area contributed by atoms with Crippen molar-refractivity contribution in [2.75, 3.05) is 30.4 Å². The first-order chi connectivity index (χ1) is 15.5. The lowest BCUT2D eigenvalue weighted by Gasteiger charge is -2.34. The first-order valence-electron chi connectivity index (χ1n) is 11.5. The Morgan fingerprint density at radius 1 is 1.22 bits per heavy atom. The fourth-order valence-corrected chi connectivity index (χ4v) is 5.35. The lowest BCUT2D eigenvalue weighted by Crippen LogP contribution is -2.41. The van der Waals surface area contributed by atoms with Gasteiger partial charge in [-0.1, -0.05) is 36.6 Å². The third-order valence-electron chi connectivity index (χ3n) is 6.81. The van der Waals surface area contributed by atoms with Gasteiger partial charge in [0.2, 0.25) is 11.8 Å². The first kappa shape index (κ1) is 23.1. The number of hydrogen-bond acceptors (Lipinski definition) is 5. The summed E-state index contributed by atoms with van der Waals surface area (Å²) in [6, 6.07) is 10.6. The van der Waals surface area contributed by atoms with E-state index in [9.17, 15) is 0 Å². The predicted molar refractivity (Wildman–Crippen MR) is 135 cm³/mol. The molecule has 1 aliphatic heterocycles. The summed E-state index contributed by atoms with van der Waals surface area (Å²) in [5.74, 6) is 1.86. The quantitative estimate of drug-likeness (QED) is 0.551. The van der Waals surface area contributed by atoms with Crippen LogP contribution >= 0.6 is 23.8 Å². The van der Waals surface area contributed by atoms with Crippen LogP contribution in [0.4, 0.5) is 11.8 Å². The van der Waals surface area contributed by atoms with E-state index in [1.165, 1.54) is 37.7 Å². The number of ether oxygens (including phenoxy) is 1. The molecule has 172 valence electrons. The molecule has 32 heavy (non-hydrogen) atoms. The Balaban J connectivity index is 1.46. The van der Waals surface area contributed by atoms with Crippen molar-refractivity contribution in [2.24, 2.45) is 0 Å². The Kier molecular flexibility index (Phi) is 7.36. The number of hydrogen-bond donors (Lipinski definition) is 2. The Morgan fingerprint density at radius 3 is 2.75 bits per heavy atom. The van der Waals surface area contributed by atoms with Crippen LogP contribution in [0, 0.1) is 0 Å². The minimum absolute atomic E-state index is 0.0419. The number of aromatic nitrogens is 2. The average Bonchev–Trinajstić information content (AvgIpc) is 3.28. The summed E-state index contributed by atoms with van der Waals surface area (Å²) in [7, 11) is 1.63. The van der Waals surface area contributed by atoms with Crippen LogP contribution in [0.3, 0.4) is 0 Å². The number of methoxy groups -OCH3 is 1. The van der Waals surface area contributed by atoms with E-state index in [4.69, 9.17) is 33.5 Å². The zero-order valence-electron chi connectivity index (χ0n) is 18.9. The van der Waals surface area contributed by atoms with E-state index in [1.54, 1.807) is 7.11 Å². The van der Waals surface area contributed by atoms with E-state index in [0.717, 1.165) is 36.8 Å². The van der Waals surface area contributed by atoms with Crippen LogP contribution in [0.25, 0.3) is 0 Å². The van der Waals surface area contributed by atoms with Gasteiger partial charge in [-0.2, -0.15) is 9.97 Å². The lowest BCUT2D eigenvalue weighted by atomic mass is 9.79. The second-order valence-electron chi connectivity index (χ2n) is 8.94. The van der Waals surface area contributed by atoms with E-state index in [-0.39, 0.29) is 5.41 Å². The number of rotatable bonds is 6. The minimum Gasteiger partial charge on any atom is -0.481 e. The number of halogens is 1. The minimum atomic E-state index is 0.0419. The first-order valence-corrected chi connectivity index (χ1v) is 12.3. The van der Waals surface area contributed by atoms with Crippen molar-refractivity contribution < 1.29 is 4.74 Å². The van der Waals surface area contributed by atoms with Crippen molar-refractivity contribution in [2.45, 2.75) is 63.3 Å². The molecule has 0 spiro atoms. The molecule has 2 aliphatic rings. The lowest BCUT2D eigenvalue weighted by molar-refractivity contribution is 0.396. The molecule has 0 amide bonds. The van der Waals surface area contributed by atoms with Crippen molar-refractivity contribution in [3.05, 3.63) is 40.9 Å². The molecule has 8 heteroatoms. The SMILES string of the molecule is COc1cc(N2CCCCC2C)nc(NC(=S)NCC2(c3cccc(Cl)c3)CCCC2)n1. The summed E-state index contributed by atoms with van der Waals surface area (Å²) in [5, 5.41) is 7.89. The summed E-state index contributed by atoms with van der Waals surface area (Å²) >= 11 is 11.9. The van der Waals surface area contributed by atoms with Crippen LogP contribution in [0.5, 0.6) is 5.88 Å². The van der Waals surface area contributed by atoms with Crippen LogP contribution in [0.15, 0.2) is 30.3 Å². The molecule has 0 bridgehead atoms. The van der Waals surface area contributed by atoms with Crippen molar-refractivity contribution in [1.82, 2.24) is 15.3 Å². The third kappa shape index (κ3) is 5.26. The van der Waals surface area contributed by atoms with Gasteiger partial charge in [-0.25, -0.2) is 0 Å². The highest BCUT2D eigenvalue weighted by Crippen LogP contribution is 2.41. The predicted octanol–water partition coefficient (Wildman–Crippen LogP) is 5.32. The van der Waals surface area contributed by atoms with Crippen molar-refractivity contribution in [1.29, 1.82) is 0 Å². The summed E-state index contributed by atoms with van der Waals surface area (Å²) in [4.78, 5) is 11.5. The van der Waals surface area contributed by atoms with Crippen molar-refractivity contribution in [3.63, 3.8) is 0 Å². The standard InChI is InChI=1S/C24H32ClN5OS/c1-17-8-3-6-13-30(17)20-15-21(31-2)28-22(27-20)29-23(32)26-16-24(11-4-5-12-24)18-9-7-10-19(25)14-18/h7,9-10,14-15,17H,3-6,8,11-13,16H2,1-2H3,(H2,26,27,28,29,32). The van der Waals surface area contributed by atoms with E-state index in [0.29, 0.717) is 23.0 Å². The molecule has 6 nitrogen and oxygen atoms in total. The smallest absolute Gasteiger partial charge is 0.234 e. The van der Waals surface area contributed by atoms with Crippen molar-refractivity contribution >= 4 is 40.7 Å². The molecule has 4 rings (SSSR count). The van der Waals surface area contributed by atoms with Gasteiger partial charge >= 0.3 is 0 Å². The topological polar surface area (TPSA) is 62.3 Å². The maximum absolute atomic E-state index is 6.28. The van der Waals surface area contributed by atoms with Gasteiger partial charge in [-0.3, -0.25) is 0 Å². The number of nitrogens with zero attached hydrogens (tertiary/aromatic N) is 3. The summed E-state index contributed by atoms with van der Waals surface area (Å²) in [6.45, 7) is 3.98. The molecule has 0 radical (unpaired) electrons. The van der Waals surface area contributed by atoms with Gasteiger partial charge in [0.1, 0.15) is 5.82 Å². The van der Waals surface area contributed by atoms with Gasteiger partial charge in [-0.05, 0) is 68.9 Å². The highest BCUT2D eigenvalue weighted by atomic mass is 35.5. The number of anilines is 2. The summed E-state index contributed by atoms with van der Waals surface area (Å²) < 4.78 is 5.44. The van der Waals surface area contributed by atoms with E-state index in [1.807, 2.05) is 18.2 Å². The maximum atomic E-state index is 6.28. The Morgan fingerprint density at radius 2 is 2.03 bits per heavy atom. The van der Waals surface area contributed by atoms with E-state index >= 15 is 0 Å². The fourth-order valence-electron chi connectivity index (χ4n) is 4.99. The Hall–Kier alpha value is -2.12. The van der Waals surface area contributed by atoms with Gasteiger partial charge < -0.3 is 20.3 Å². The largest absolute Gasteiger partial charge is 0.481 e. The molecule has 1 unspecified atom stereocenters. The third-order valence-corrected chi connectivity index (χ3v) is 7.29. The number of nitrogens with one attached hydrogen (secondary N) is 2. The van der Waals surface area contributed by atoms with Crippen LogP contribution in [0.2, 0.25) is 5.02 Å². The molecule has 2 fully saturated rings. The average molecular weight is 474 g/mol. The molecule has 1 atom stereocenters. The van der Waals surface area contributed by atoms with E-state index in [2.05, 4.69) is 39.6 Å². The van der Waals surface area contributed by atoms with Crippen molar-refractivity contribution in [3.8, 4) is 5.88 Å². The molecule has 1 aromatic carbocycles. The molecule has 1 aliphatic carbocycles. The summed E-state index contributed by atoms with van der Waals surface area (Å²) in [6.07, 6.45) is 8.26. The van der Waals surface area contributed by atoms with Crippen LogP contribution in [0.1, 0.15) is 57.4 Å². The zero-order valence-corrected chi connectivity index (χ0v) is 20.4. The summed E-state index contributed by atoms with van der Waals surface area (Å²) in [5.41, 5.74) is 1.32. The fraction of sp³-hybridized carbons (Fsp3) is 0.542. The molecule has 2 N–H and O–H groups in total. The maximum Gasteiger partial charge on any atom is 0.234 e. The van der Waals surface area contributed by atoms with Gasteiger partial charge in [0.25, 0.3) is 0 Å². The number of thiocarbonyl (C=S) groups is 1. The van der Waals surface area contributed by atoms with Crippen LogP contribution in [-0.2, 0) is 5.41 Å². The molecular formula is C24H32ClN5OS. The Labute approximate surface area is 201 Å². The number of piperidine rings is 1. The molecule has 2 heterocycles. The highest BCUT2D eigenvalue weighted by Gasteiger charge is 2.35. The molecule has 2 aromatic rings. The molecular weight excluding hydrogens is 442 g/mol. The molecule has 1 saturated heterocycles. The van der Waals surface area contributed by atoms with Gasteiger partial charge in [0.15, 0.2) is 5.11 Å². The molecule has 1 saturated carbocycles. The van der Waals surface area contributed by atoms with Crippen LogP contribution < -0.4 is 20.3 Å². The van der Waals surface area contributed by atoms with Gasteiger partial charge in [-0.15, -0.1) is 0 Å². The second kappa shape index (κ2) is 10.2. The van der Waals surface area contributed by atoms with E-state index < -0.39 is 0 Å². The van der Waals surface area contributed by atoms with Gasteiger partial charge in [0, 0.05) is 35.6 Å². The van der Waals surface area contributed by atoms with Crippen LogP contribution in [-0.4, -0.2) is 41.3 Å².